The van der Waals surface area contributed by atoms with E-state index in [1.165, 1.54) is 19.2 Å². The summed E-state index contributed by atoms with van der Waals surface area (Å²) in [6, 6.07) is 13.0. The molecule has 0 aliphatic carbocycles. The summed E-state index contributed by atoms with van der Waals surface area (Å²) in [6.07, 6.45) is 0. The number of ether oxygens (including phenoxy) is 2. The van der Waals surface area contributed by atoms with Gasteiger partial charge in [0.05, 0.1) is 18.2 Å². The Balaban J connectivity index is 2.08. The fourth-order valence-corrected chi connectivity index (χ4v) is 1.79. The summed E-state index contributed by atoms with van der Waals surface area (Å²) in [5.74, 6) is -0.523. The average Bonchev–Trinajstić information content (AvgIpc) is 2.48. The van der Waals surface area contributed by atoms with Gasteiger partial charge in [0.15, 0.2) is 0 Å². The standard InChI is InChI=1S/C15H11BrO4/c1-19-14(17)10-4-8-13(9-5-10)20-15(18)11-2-6-12(16)7-3-11/h2-9H,1H3. The maximum Gasteiger partial charge on any atom is 0.343 e. The SMILES string of the molecule is COC(=O)c1ccc(OC(=O)c2ccc(Br)cc2)cc1. The summed E-state index contributed by atoms with van der Waals surface area (Å²) in [5.41, 5.74) is 0.848. The van der Waals surface area contributed by atoms with Crippen LogP contribution in [0.4, 0.5) is 0 Å². The minimum Gasteiger partial charge on any atom is -0.465 e. The Morgan fingerprint density at radius 2 is 1.35 bits per heavy atom. The van der Waals surface area contributed by atoms with Gasteiger partial charge in [-0.3, -0.25) is 0 Å². The van der Waals surface area contributed by atoms with Crippen molar-refractivity contribution < 1.29 is 19.1 Å². The lowest BCUT2D eigenvalue weighted by Gasteiger charge is -2.05. The van der Waals surface area contributed by atoms with Crippen LogP contribution in [0.5, 0.6) is 5.75 Å². The molecule has 0 atom stereocenters. The molecule has 0 aromatic heterocycles. The summed E-state index contributed by atoms with van der Waals surface area (Å²) >= 11 is 3.29. The van der Waals surface area contributed by atoms with Crippen LogP contribution in [0.15, 0.2) is 53.0 Å². The summed E-state index contributed by atoms with van der Waals surface area (Å²) in [6.45, 7) is 0. The van der Waals surface area contributed by atoms with Crippen LogP contribution in [0.25, 0.3) is 0 Å². The van der Waals surface area contributed by atoms with Crippen molar-refractivity contribution in [2.24, 2.45) is 0 Å². The molecule has 20 heavy (non-hydrogen) atoms. The highest BCUT2D eigenvalue weighted by molar-refractivity contribution is 9.10. The van der Waals surface area contributed by atoms with E-state index >= 15 is 0 Å². The lowest BCUT2D eigenvalue weighted by atomic mass is 10.2. The van der Waals surface area contributed by atoms with Crippen LogP contribution in [0.1, 0.15) is 20.7 Å². The van der Waals surface area contributed by atoms with Crippen molar-refractivity contribution >= 4 is 27.9 Å². The molecule has 0 fully saturated rings. The third-order valence-corrected chi connectivity index (χ3v) is 3.09. The van der Waals surface area contributed by atoms with Gasteiger partial charge in [0.25, 0.3) is 0 Å². The second kappa shape index (κ2) is 6.34. The zero-order valence-corrected chi connectivity index (χ0v) is 12.2. The van der Waals surface area contributed by atoms with Crippen LogP contribution in [0, 0.1) is 0 Å². The Morgan fingerprint density at radius 3 is 1.90 bits per heavy atom. The van der Waals surface area contributed by atoms with Crippen molar-refractivity contribution in [3.63, 3.8) is 0 Å². The van der Waals surface area contributed by atoms with Crippen LogP contribution in [-0.2, 0) is 4.74 Å². The molecule has 0 bridgehead atoms. The first-order valence-corrected chi connectivity index (χ1v) is 6.55. The number of halogens is 1. The molecule has 2 rings (SSSR count). The second-order valence-electron chi connectivity index (χ2n) is 3.91. The summed E-state index contributed by atoms with van der Waals surface area (Å²) < 4.78 is 10.7. The molecule has 0 aliphatic rings. The molecular weight excluding hydrogens is 324 g/mol. The van der Waals surface area contributed by atoms with E-state index in [1.807, 2.05) is 0 Å². The predicted octanol–water partition coefficient (Wildman–Crippen LogP) is 3.45. The molecule has 0 radical (unpaired) electrons. The van der Waals surface area contributed by atoms with Gasteiger partial charge in [-0.25, -0.2) is 9.59 Å². The van der Waals surface area contributed by atoms with E-state index in [9.17, 15) is 9.59 Å². The summed E-state index contributed by atoms with van der Waals surface area (Å²) in [7, 11) is 1.31. The number of methoxy groups -OCH3 is 1. The first-order chi connectivity index (χ1) is 9.60. The van der Waals surface area contributed by atoms with E-state index in [-0.39, 0.29) is 0 Å². The predicted molar refractivity (Wildman–Crippen MR) is 76.9 cm³/mol. The highest BCUT2D eigenvalue weighted by atomic mass is 79.9. The third-order valence-electron chi connectivity index (χ3n) is 2.57. The fraction of sp³-hybridized carbons (Fsp3) is 0.0667. The molecular formula is C15H11BrO4. The first-order valence-electron chi connectivity index (χ1n) is 5.76. The van der Waals surface area contributed by atoms with Crippen molar-refractivity contribution in [1.82, 2.24) is 0 Å². The van der Waals surface area contributed by atoms with Crippen LogP contribution >= 0.6 is 15.9 Å². The summed E-state index contributed by atoms with van der Waals surface area (Å²) in [4.78, 5) is 23.1. The number of hydrogen-bond acceptors (Lipinski definition) is 4. The Labute approximate surface area is 124 Å². The van der Waals surface area contributed by atoms with Gasteiger partial charge < -0.3 is 9.47 Å². The lowest BCUT2D eigenvalue weighted by Crippen LogP contribution is -2.08. The average molecular weight is 335 g/mol. The van der Waals surface area contributed by atoms with Gasteiger partial charge in [0, 0.05) is 4.47 Å². The molecule has 2 aromatic rings. The monoisotopic (exact) mass is 334 g/mol. The maximum atomic E-state index is 11.9. The van der Waals surface area contributed by atoms with Crippen molar-refractivity contribution in [2.75, 3.05) is 7.11 Å². The van der Waals surface area contributed by atoms with Crippen LogP contribution in [0.3, 0.4) is 0 Å². The number of hydrogen-bond donors (Lipinski definition) is 0. The van der Waals surface area contributed by atoms with E-state index < -0.39 is 11.9 Å². The van der Waals surface area contributed by atoms with Crippen molar-refractivity contribution in [3.05, 3.63) is 64.1 Å². The fourth-order valence-electron chi connectivity index (χ4n) is 1.53. The Hall–Kier alpha value is -2.14. The molecule has 0 heterocycles. The smallest absolute Gasteiger partial charge is 0.343 e. The number of carbonyl (C=O) groups excluding carboxylic acids is 2. The van der Waals surface area contributed by atoms with Gasteiger partial charge in [0.1, 0.15) is 5.75 Å². The Morgan fingerprint density at radius 1 is 0.850 bits per heavy atom. The molecule has 0 spiro atoms. The molecule has 102 valence electrons. The first kappa shape index (κ1) is 14.3. The van der Waals surface area contributed by atoms with Crippen molar-refractivity contribution in [1.29, 1.82) is 0 Å². The third kappa shape index (κ3) is 3.45. The zero-order valence-electron chi connectivity index (χ0n) is 10.6. The van der Waals surface area contributed by atoms with E-state index in [0.717, 1.165) is 4.47 Å². The number of carbonyl (C=O) groups is 2. The van der Waals surface area contributed by atoms with Crippen LogP contribution in [-0.4, -0.2) is 19.0 Å². The topological polar surface area (TPSA) is 52.6 Å². The maximum absolute atomic E-state index is 11.9. The quantitative estimate of drug-likeness (QED) is 0.637. The highest BCUT2D eigenvalue weighted by Gasteiger charge is 2.09. The van der Waals surface area contributed by atoms with Gasteiger partial charge in [-0.2, -0.15) is 0 Å². The summed E-state index contributed by atoms with van der Waals surface area (Å²) in [5, 5.41) is 0. The molecule has 0 saturated carbocycles. The van der Waals surface area contributed by atoms with Crippen molar-refractivity contribution in [3.8, 4) is 5.75 Å². The molecule has 0 unspecified atom stereocenters. The molecule has 0 saturated heterocycles. The van der Waals surface area contributed by atoms with Gasteiger partial charge in [0.2, 0.25) is 0 Å². The van der Waals surface area contributed by atoms with Crippen LogP contribution < -0.4 is 4.74 Å². The second-order valence-corrected chi connectivity index (χ2v) is 4.83. The van der Waals surface area contributed by atoms with Gasteiger partial charge in [-0.15, -0.1) is 0 Å². The molecule has 5 heteroatoms. The zero-order chi connectivity index (χ0) is 14.5. The number of esters is 2. The van der Waals surface area contributed by atoms with Gasteiger partial charge >= 0.3 is 11.9 Å². The highest BCUT2D eigenvalue weighted by Crippen LogP contribution is 2.16. The largest absolute Gasteiger partial charge is 0.465 e. The van der Waals surface area contributed by atoms with E-state index in [0.29, 0.717) is 16.9 Å². The normalized spacial score (nSPS) is 9.90. The molecule has 0 N–H and O–H groups in total. The van der Waals surface area contributed by atoms with Crippen LogP contribution in [0.2, 0.25) is 0 Å². The van der Waals surface area contributed by atoms with E-state index in [1.54, 1.807) is 36.4 Å². The Bertz CT molecular complexity index is 617. The molecule has 2 aromatic carbocycles. The minimum atomic E-state index is -0.455. The van der Waals surface area contributed by atoms with E-state index in [4.69, 9.17) is 4.74 Å². The lowest BCUT2D eigenvalue weighted by molar-refractivity contribution is 0.0600. The molecule has 0 aliphatic heterocycles. The van der Waals surface area contributed by atoms with E-state index in [2.05, 4.69) is 20.7 Å². The minimum absolute atomic E-state index is 0.366. The molecule has 0 amide bonds. The number of rotatable bonds is 3. The Kier molecular flexibility index (Phi) is 4.53. The van der Waals surface area contributed by atoms with Crippen molar-refractivity contribution in [2.45, 2.75) is 0 Å². The van der Waals surface area contributed by atoms with Gasteiger partial charge in [-0.05, 0) is 48.5 Å². The number of benzene rings is 2. The van der Waals surface area contributed by atoms with Gasteiger partial charge in [-0.1, -0.05) is 15.9 Å². The molecule has 4 nitrogen and oxygen atoms in total.